The molecule has 2 aromatic heterocycles. The van der Waals surface area contributed by atoms with Crippen LogP contribution in [0.5, 0.6) is 5.75 Å². The van der Waals surface area contributed by atoms with E-state index in [9.17, 15) is 14.7 Å². The molecule has 38 heavy (non-hydrogen) atoms. The maximum Gasteiger partial charge on any atom is 0.296 e. The second-order valence-corrected chi connectivity index (χ2v) is 10.2. The van der Waals surface area contributed by atoms with Crippen LogP contribution < -0.4 is 9.64 Å². The maximum atomic E-state index is 13.9. The van der Waals surface area contributed by atoms with Gasteiger partial charge in [-0.25, -0.2) is 4.98 Å². The Morgan fingerprint density at radius 3 is 2.68 bits per heavy atom. The molecule has 190 valence electrons. The van der Waals surface area contributed by atoms with Gasteiger partial charge in [0, 0.05) is 9.86 Å². The van der Waals surface area contributed by atoms with Crippen LogP contribution >= 0.6 is 15.9 Å². The van der Waals surface area contributed by atoms with E-state index in [4.69, 9.17) is 9.15 Å². The molecule has 0 radical (unpaired) electrons. The summed E-state index contributed by atoms with van der Waals surface area (Å²) in [5, 5.41) is 11.8. The van der Waals surface area contributed by atoms with E-state index in [1.165, 1.54) is 12.0 Å². The Labute approximate surface area is 225 Å². The number of halogens is 1. The number of aromatic nitrogens is 2. The Morgan fingerprint density at radius 2 is 1.89 bits per heavy atom. The number of hydrogen-bond donors (Lipinski definition) is 2. The van der Waals surface area contributed by atoms with Crippen LogP contribution in [0, 0.1) is 13.8 Å². The van der Waals surface area contributed by atoms with E-state index in [1.54, 1.807) is 36.4 Å². The average Bonchev–Trinajstić information content (AvgIpc) is 3.58. The lowest BCUT2D eigenvalue weighted by Crippen LogP contribution is -2.32. The van der Waals surface area contributed by atoms with Crippen molar-refractivity contribution in [3.63, 3.8) is 0 Å². The molecule has 5 aromatic rings. The highest BCUT2D eigenvalue weighted by Gasteiger charge is 2.46. The van der Waals surface area contributed by atoms with E-state index in [-0.39, 0.29) is 17.3 Å². The van der Waals surface area contributed by atoms with Gasteiger partial charge in [0.05, 0.1) is 29.8 Å². The predicted octanol–water partition coefficient (Wildman–Crippen LogP) is 6.48. The lowest BCUT2D eigenvalue weighted by atomic mass is 9.95. The number of ether oxygens (including phenoxy) is 1. The molecule has 3 aromatic carbocycles. The number of aliphatic hydroxyl groups excluding tert-OH is 1. The molecule has 0 saturated heterocycles. The predicted molar refractivity (Wildman–Crippen MR) is 147 cm³/mol. The minimum atomic E-state index is -0.979. The fraction of sp³-hybridized carbons (Fsp3) is 0.138. The van der Waals surface area contributed by atoms with Crippen LogP contribution in [-0.2, 0) is 4.79 Å². The van der Waals surface area contributed by atoms with Crippen molar-refractivity contribution >= 4 is 55.6 Å². The topological polar surface area (TPSA) is 109 Å². The Morgan fingerprint density at radius 1 is 1.11 bits per heavy atom. The molecule has 0 bridgehead atoms. The third-order valence-electron chi connectivity index (χ3n) is 6.88. The van der Waals surface area contributed by atoms with Crippen LogP contribution in [-0.4, -0.2) is 33.9 Å². The molecule has 1 aliphatic rings. The van der Waals surface area contributed by atoms with Crippen molar-refractivity contribution in [2.24, 2.45) is 0 Å². The summed E-state index contributed by atoms with van der Waals surface area (Å²) in [5.74, 6) is -1.23. The van der Waals surface area contributed by atoms with E-state index in [0.717, 1.165) is 21.1 Å². The van der Waals surface area contributed by atoms with E-state index in [2.05, 4.69) is 25.9 Å². The standard InChI is InChI=1S/C29H22BrN3O5/c1-14-9-20-21(10-15(14)2)32-29(31-20)33-25(16-5-4-6-19(12-16)37-3)24(27(35)28(33)36)26(34)23-13-17-11-18(30)7-8-22(17)38-23/h4-13,25,35H,1-3H3,(H,31,32). The second kappa shape index (κ2) is 8.88. The van der Waals surface area contributed by atoms with E-state index < -0.39 is 23.5 Å². The van der Waals surface area contributed by atoms with Gasteiger partial charge in [0.1, 0.15) is 11.3 Å². The summed E-state index contributed by atoms with van der Waals surface area (Å²) in [4.78, 5) is 36.6. The summed E-state index contributed by atoms with van der Waals surface area (Å²) >= 11 is 3.42. The first-order valence-electron chi connectivity index (χ1n) is 11.9. The number of aryl methyl sites for hydroxylation is 2. The van der Waals surface area contributed by atoms with Gasteiger partial charge in [-0.05, 0) is 79.1 Å². The van der Waals surface area contributed by atoms with Gasteiger partial charge in [-0.1, -0.05) is 28.1 Å². The minimum absolute atomic E-state index is 0.0121. The summed E-state index contributed by atoms with van der Waals surface area (Å²) in [5.41, 5.74) is 4.51. The number of furan rings is 1. The zero-order valence-electron chi connectivity index (χ0n) is 20.7. The van der Waals surface area contributed by atoms with E-state index >= 15 is 0 Å². The molecular formula is C29H22BrN3O5. The quantitative estimate of drug-likeness (QED) is 0.234. The number of amides is 1. The number of aliphatic hydroxyl groups is 1. The van der Waals surface area contributed by atoms with Crippen LogP contribution in [0.3, 0.4) is 0 Å². The number of hydrogen-bond acceptors (Lipinski definition) is 6. The molecular weight excluding hydrogens is 550 g/mol. The lowest BCUT2D eigenvalue weighted by molar-refractivity contribution is -0.117. The van der Waals surface area contributed by atoms with Gasteiger partial charge < -0.3 is 19.2 Å². The number of ketones is 1. The molecule has 9 heteroatoms. The van der Waals surface area contributed by atoms with Gasteiger partial charge in [0.15, 0.2) is 11.5 Å². The van der Waals surface area contributed by atoms with Gasteiger partial charge in [-0.2, -0.15) is 0 Å². The van der Waals surface area contributed by atoms with Crippen molar-refractivity contribution in [3.05, 3.63) is 98.9 Å². The zero-order chi connectivity index (χ0) is 26.7. The van der Waals surface area contributed by atoms with Crippen LogP contribution in [0.2, 0.25) is 0 Å². The normalized spacial score (nSPS) is 15.7. The first-order chi connectivity index (χ1) is 18.2. The van der Waals surface area contributed by atoms with Gasteiger partial charge in [-0.15, -0.1) is 0 Å². The van der Waals surface area contributed by atoms with E-state index in [0.29, 0.717) is 27.8 Å². The van der Waals surface area contributed by atoms with Crippen LogP contribution in [0.1, 0.15) is 33.3 Å². The number of aromatic amines is 1. The van der Waals surface area contributed by atoms with Gasteiger partial charge in [0.25, 0.3) is 5.91 Å². The number of nitrogens with one attached hydrogen (secondary N) is 1. The molecule has 6 rings (SSSR count). The molecule has 3 heterocycles. The minimum Gasteiger partial charge on any atom is -0.503 e. The van der Waals surface area contributed by atoms with Crippen molar-refractivity contribution in [1.82, 2.24) is 9.97 Å². The fourth-order valence-corrected chi connectivity index (χ4v) is 5.19. The molecule has 0 spiro atoms. The van der Waals surface area contributed by atoms with Crippen molar-refractivity contribution in [2.45, 2.75) is 19.9 Å². The highest BCUT2D eigenvalue weighted by atomic mass is 79.9. The largest absolute Gasteiger partial charge is 0.503 e. The molecule has 1 unspecified atom stereocenters. The average molecular weight is 572 g/mol. The van der Waals surface area contributed by atoms with Crippen molar-refractivity contribution in [3.8, 4) is 5.75 Å². The van der Waals surface area contributed by atoms with Crippen molar-refractivity contribution in [1.29, 1.82) is 0 Å². The highest BCUT2D eigenvalue weighted by Crippen LogP contribution is 2.42. The monoisotopic (exact) mass is 571 g/mol. The highest BCUT2D eigenvalue weighted by molar-refractivity contribution is 9.10. The van der Waals surface area contributed by atoms with Crippen molar-refractivity contribution in [2.75, 3.05) is 12.0 Å². The summed E-state index contributed by atoms with van der Waals surface area (Å²) in [6.07, 6.45) is 0. The summed E-state index contributed by atoms with van der Waals surface area (Å²) < 4.78 is 12.1. The molecule has 8 nitrogen and oxygen atoms in total. The van der Waals surface area contributed by atoms with Crippen LogP contribution in [0.4, 0.5) is 5.95 Å². The Hall–Kier alpha value is -4.37. The van der Waals surface area contributed by atoms with Crippen LogP contribution in [0.15, 0.2) is 80.9 Å². The Bertz CT molecular complexity index is 1780. The Kier molecular flexibility index (Phi) is 5.61. The number of Topliss-reactive ketones (excluding diaryl/α,β-unsaturated/α-hetero) is 1. The number of nitrogens with zero attached hydrogens (tertiary/aromatic N) is 2. The third kappa shape index (κ3) is 3.78. The SMILES string of the molecule is COc1cccc(C2C(C(=O)c3cc4cc(Br)ccc4o3)=C(O)C(=O)N2c2nc3cc(C)c(C)cc3[nH]2)c1. The maximum absolute atomic E-state index is 13.9. The first kappa shape index (κ1) is 24.0. The fourth-order valence-electron chi connectivity index (χ4n) is 4.81. The van der Waals surface area contributed by atoms with Crippen LogP contribution in [0.25, 0.3) is 22.0 Å². The number of H-pyrrole nitrogens is 1. The number of imidazole rings is 1. The number of carbonyl (C=O) groups is 2. The molecule has 1 atom stereocenters. The van der Waals surface area contributed by atoms with Gasteiger partial charge in [0.2, 0.25) is 11.7 Å². The smallest absolute Gasteiger partial charge is 0.296 e. The zero-order valence-corrected chi connectivity index (χ0v) is 22.3. The molecule has 0 aliphatic carbocycles. The summed E-state index contributed by atoms with van der Waals surface area (Å²) in [6.45, 7) is 3.98. The molecule has 0 saturated carbocycles. The molecule has 0 fully saturated rings. The second-order valence-electron chi connectivity index (χ2n) is 9.25. The number of anilines is 1. The summed E-state index contributed by atoms with van der Waals surface area (Å²) in [6, 6.07) is 16.9. The lowest BCUT2D eigenvalue weighted by Gasteiger charge is -2.24. The van der Waals surface area contributed by atoms with Gasteiger partial charge in [-0.3, -0.25) is 14.5 Å². The van der Waals surface area contributed by atoms with E-state index in [1.807, 2.05) is 38.1 Å². The number of fused-ring (bicyclic) bond motifs is 2. The summed E-state index contributed by atoms with van der Waals surface area (Å²) in [7, 11) is 1.53. The third-order valence-corrected chi connectivity index (χ3v) is 7.37. The molecule has 1 amide bonds. The van der Waals surface area contributed by atoms with Gasteiger partial charge >= 0.3 is 0 Å². The number of benzene rings is 3. The number of rotatable bonds is 5. The number of methoxy groups -OCH3 is 1. The van der Waals surface area contributed by atoms with Crippen molar-refractivity contribution < 1.29 is 23.8 Å². The molecule has 1 aliphatic heterocycles. The molecule has 2 N–H and O–H groups in total. The first-order valence-corrected chi connectivity index (χ1v) is 12.7. The Balaban J connectivity index is 1.52. The number of carbonyl (C=O) groups excluding carboxylic acids is 2.